The first-order valence-corrected chi connectivity index (χ1v) is 2.92. The second kappa shape index (κ2) is 2.72. The summed E-state index contributed by atoms with van der Waals surface area (Å²) in [5.41, 5.74) is 10.3. The van der Waals surface area contributed by atoms with Crippen LogP contribution >= 0.6 is 0 Å². The molecule has 0 bridgehead atoms. The van der Waals surface area contributed by atoms with Crippen LogP contribution in [0, 0.1) is 22.7 Å². The average Bonchev–Trinajstić information content (AvgIpc) is 2.09. The van der Waals surface area contributed by atoms with Crippen molar-refractivity contribution >= 4 is 11.6 Å². The third-order valence-corrected chi connectivity index (χ3v) is 1.16. The third-order valence-electron chi connectivity index (χ3n) is 1.16. The van der Waals surface area contributed by atoms with E-state index in [1.54, 1.807) is 12.1 Å². The van der Waals surface area contributed by atoms with E-state index >= 15 is 0 Å². The molecule has 1 heterocycles. The summed E-state index contributed by atoms with van der Waals surface area (Å²) in [4.78, 5) is 7.14. The molecule has 1 aromatic rings. The molecule has 0 aliphatic heterocycles. The first-order chi connectivity index (χ1) is 5.69. The van der Waals surface area contributed by atoms with E-state index in [4.69, 9.17) is 22.0 Å². The Morgan fingerprint density at radius 2 is 1.25 bits per heavy atom. The quantitative estimate of drug-likeness (QED) is 0.521. The van der Waals surface area contributed by atoms with Crippen molar-refractivity contribution in [3.05, 3.63) is 11.4 Å². The Balaban J connectivity index is 3.44. The molecule has 1 rings (SSSR count). The van der Waals surface area contributed by atoms with Crippen molar-refractivity contribution in [3.63, 3.8) is 0 Å². The second-order valence-electron chi connectivity index (χ2n) is 1.91. The smallest absolute Gasteiger partial charge is 0.179 e. The molecule has 6 heteroatoms. The number of nitriles is 2. The van der Waals surface area contributed by atoms with E-state index < -0.39 is 0 Å². The lowest BCUT2D eigenvalue weighted by atomic mass is 10.3. The number of rotatable bonds is 0. The lowest BCUT2D eigenvalue weighted by Crippen LogP contribution is -2.05. The number of hydrogen-bond donors (Lipinski definition) is 2. The molecule has 0 amide bonds. The summed E-state index contributed by atoms with van der Waals surface area (Å²) in [5, 5.41) is 16.9. The van der Waals surface area contributed by atoms with Crippen molar-refractivity contribution in [2.75, 3.05) is 11.5 Å². The molecule has 0 saturated carbocycles. The Labute approximate surface area is 68.1 Å². The molecular formula is C6H4N6. The molecule has 0 fully saturated rings. The van der Waals surface area contributed by atoms with Gasteiger partial charge in [-0.15, -0.1) is 0 Å². The second-order valence-corrected chi connectivity index (χ2v) is 1.91. The van der Waals surface area contributed by atoms with Crippen LogP contribution in [0.25, 0.3) is 0 Å². The van der Waals surface area contributed by atoms with E-state index in [0.717, 1.165) is 0 Å². The lowest BCUT2D eigenvalue weighted by Gasteiger charge is -1.98. The number of anilines is 2. The summed E-state index contributed by atoms with van der Waals surface area (Å²) >= 11 is 0. The van der Waals surface area contributed by atoms with Crippen LogP contribution in [-0.4, -0.2) is 9.97 Å². The highest BCUT2D eigenvalue weighted by Crippen LogP contribution is 2.10. The van der Waals surface area contributed by atoms with Gasteiger partial charge in [-0.05, 0) is 0 Å². The van der Waals surface area contributed by atoms with Crippen LogP contribution in [0.15, 0.2) is 0 Å². The Hall–Kier alpha value is -2.34. The van der Waals surface area contributed by atoms with Gasteiger partial charge in [0, 0.05) is 0 Å². The minimum absolute atomic E-state index is 0.0365. The van der Waals surface area contributed by atoms with Gasteiger partial charge in [-0.25, -0.2) is 9.97 Å². The van der Waals surface area contributed by atoms with Crippen molar-refractivity contribution in [1.82, 2.24) is 9.97 Å². The van der Waals surface area contributed by atoms with Gasteiger partial charge in [0.25, 0.3) is 0 Å². The van der Waals surface area contributed by atoms with Gasteiger partial charge in [-0.3, -0.25) is 0 Å². The molecule has 0 aromatic carbocycles. The Bertz CT molecular complexity index is 357. The molecule has 1 aromatic heterocycles. The Kier molecular flexibility index (Phi) is 1.76. The fraction of sp³-hybridized carbons (Fsp3) is 0. The minimum Gasteiger partial charge on any atom is -0.381 e. The molecule has 0 aliphatic rings. The summed E-state index contributed by atoms with van der Waals surface area (Å²) in [6.45, 7) is 0. The maximum atomic E-state index is 8.46. The molecule has 6 nitrogen and oxygen atoms in total. The molecule has 0 saturated heterocycles. The fourth-order valence-electron chi connectivity index (χ4n) is 0.617. The molecule has 58 valence electrons. The molecular weight excluding hydrogens is 156 g/mol. The van der Waals surface area contributed by atoms with Gasteiger partial charge in [0.05, 0.1) is 0 Å². The zero-order valence-corrected chi connectivity index (χ0v) is 5.94. The minimum atomic E-state index is -0.107. The van der Waals surface area contributed by atoms with Gasteiger partial charge in [-0.2, -0.15) is 10.5 Å². The molecule has 0 unspecified atom stereocenters. The van der Waals surface area contributed by atoms with Crippen LogP contribution in [0.5, 0.6) is 0 Å². The zero-order valence-electron chi connectivity index (χ0n) is 5.94. The molecule has 0 spiro atoms. The highest BCUT2D eigenvalue weighted by molar-refractivity contribution is 5.56. The molecule has 12 heavy (non-hydrogen) atoms. The molecule has 0 aliphatic carbocycles. The number of aromatic nitrogens is 2. The Morgan fingerprint density at radius 1 is 0.917 bits per heavy atom. The summed E-state index contributed by atoms with van der Waals surface area (Å²) in [7, 11) is 0. The van der Waals surface area contributed by atoms with Gasteiger partial charge in [-0.1, -0.05) is 0 Å². The van der Waals surface area contributed by atoms with E-state index in [2.05, 4.69) is 9.97 Å². The highest BCUT2D eigenvalue weighted by Gasteiger charge is 2.07. The van der Waals surface area contributed by atoms with Crippen LogP contribution < -0.4 is 11.5 Å². The highest BCUT2D eigenvalue weighted by atomic mass is 15.0. The van der Waals surface area contributed by atoms with E-state index in [1.807, 2.05) is 0 Å². The van der Waals surface area contributed by atoms with Crippen molar-refractivity contribution in [1.29, 1.82) is 10.5 Å². The van der Waals surface area contributed by atoms with Crippen LogP contribution in [0.4, 0.5) is 11.6 Å². The Morgan fingerprint density at radius 3 is 1.50 bits per heavy atom. The van der Waals surface area contributed by atoms with E-state index in [1.165, 1.54) is 0 Å². The summed E-state index contributed by atoms with van der Waals surface area (Å²) < 4.78 is 0. The van der Waals surface area contributed by atoms with E-state index in [-0.39, 0.29) is 23.0 Å². The van der Waals surface area contributed by atoms with Gasteiger partial charge >= 0.3 is 0 Å². The third kappa shape index (κ3) is 1.09. The van der Waals surface area contributed by atoms with Crippen molar-refractivity contribution in [2.45, 2.75) is 0 Å². The normalized spacial score (nSPS) is 8.50. The topological polar surface area (TPSA) is 125 Å². The monoisotopic (exact) mass is 160 g/mol. The number of nitrogen functional groups attached to an aromatic ring is 2. The first-order valence-electron chi connectivity index (χ1n) is 2.92. The van der Waals surface area contributed by atoms with Crippen molar-refractivity contribution < 1.29 is 0 Å². The van der Waals surface area contributed by atoms with Gasteiger partial charge in [0.1, 0.15) is 12.1 Å². The zero-order chi connectivity index (χ0) is 9.14. The predicted octanol–water partition coefficient (Wildman–Crippen LogP) is -0.616. The maximum Gasteiger partial charge on any atom is 0.179 e. The maximum absolute atomic E-state index is 8.46. The first kappa shape index (κ1) is 7.76. The standard InChI is InChI=1S/C6H4N6/c7-1-3-4(2-8)12-6(10)5(9)11-3/h(H2,9,11)(H2,10,12). The van der Waals surface area contributed by atoms with Crippen LogP contribution in [0.1, 0.15) is 11.4 Å². The van der Waals surface area contributed by atoms with Gasteiger partial charge in [0.15, 0.2) is 23.0 Å². The van der Waals surface area contributed by atoms with Crippen molar-refractivity contribution in [2.24, 2.45) is 0 Å². The number of nitrogens with two attached hydrogens (primary N) is 2. The molecule has 0 atom stereocenters. The van der Waals surface area contributed by atoms with Crippen molar-refractivity contribution in [3.8, 4) is 12.1 Å². The van der Waals surface area contributed by atoms with Crippen LogP contribution in [0.2, 0.25) is 0 Å². The number of nitrogens with zero attached hydrogens (tertiary/aromatic N) is 4. The largest absolute Gasteiger partial charge is 0.381 e. The average molecular weight is 160 g/mol. The van der Waals surface area contributed by atoms with Gasteiger partial charge in [0.2, 0.25) is 0 Å². The summed E-state index contributed by atoms with van der Waals surface area (Å²) in [5.74, 6) is -0.0731. The SMILES string of the molecule is N#Cc1nc(N)c(N)nc1C#N. The van der Waals surface area contributed by atoms with Crippen LogP contribution in [0.3, 0.4) is 0 Å². The van der Waals surface area contributed by atoms with Crippen LogP contribution in [-0.2, 0) is 0 Å². The lowest BCUT2D eigenvalue weighted by molar-refractivity contribution is 1.15. The molecule has 0 radical (unpaired) electrons. The summed E-state index contributed by atoms with van der Waals surface area (Å²) in [6.07, 6.45) is 0. The van der Waals surface area contributed by atoms with E-state index in [9.17, 15) is 0 Å². The number of hydrogen-bond acceptors (Lipinski definition) is 6. The fourth-order valence-corrected chi connectivity index (χ4v) is 0.617. The molecule has 4 N–H and O–H groups in total. The van der Waals surface area contributed by atoms with E-state index in [0.29, 0.717) is 0 Å². The van der Waals surface area contributed by atoms with Gasteiger partial charge < -0.3 is 11.5 Å². The summed E-state index contributed by atoms with van der Waals surface area (Å²) in [6, 6.07) is 3.37. The predicted molar refractivity (Wildman–Crippen MR) is 40.3 cm³/mol.